The average Bonchev–Trinajstić information content (AvgIpc) is 2.95. The van der Waals surface area contributed by atoms with Crippen molar-refractivity contribution in [3.63, 3.8) is 0 Å². The van der Waals surface area contributed by atoms with Crippen molar-refractivity contribution in [3.8, 4) is 0 Å². The topological polar surface area (TPSA) is 103 Å². The lowest BCUT2D eigenvalue weighted by Gasteiger charge is -2.17. The summed E-state index contributed by atoms with van der Waals surface area (Å²) in [5.41, 5.74) is 0.354. The molecule has 2 amide bonds. The maximum Gasteiger partial charge on any atom is 0.273 e. The van der Waals surface area contributed by atoms with Crippen LogP contribution in [0.2, 0.25) is 0 Å². The van der Waals surface area contributed by atoms with Gasteiger partial charge in [-0.2, -0.15) is 0 Å². The van der Waals surface area contributed by atoms with Crippen LogP contribution >= 0.6 is 0 Å². The minimum absolute atomic E-state index is 0.119. The van der Waals surface area contributed by atoms with E-state index in [1.54, 1.807) is 0 Å². The fourth-order valence-corrected chi connectivity index (χ4v) is 3.31. The van der Waals surface area contributed by atoms with Crippen molar-refractivity contribution < 1.29 is 23.5 Å². The van der Waals surface area contributed by atoms with E-state index in [2.05, 4.69) is 15.6 Å². The third-order valence-corrected chi connectivity index (χ3v) is 4.52. The molecule has 0 unspecified atom stereocenters. The molecule has 4 atom stereocenters. The lowest BCUT2D eigenvalue weighted by Crippen LogP contribution is -2.46. The molecule has 1 aromatic rings. The van der Waals surface area contributed by atoms with Crippen molar-refractivity contribution in [2.75, 3.05) is 13.2 Å². The standard InChI is InChI=1S/C15H19N3O5/c1-7(19)17-9-4-21-14-10(5-22-13(9)14)18-15(20)11-12(8-2-3-8)23-6-16-11/h6,8-10,13-14H,2-5H2,1H3,(H,17,19)(H,18,20)/t9-,10-,13+,14+/m0/s1. The Balaban J connectivity index is 1.41. The van der Waals surface area contributed by atoms with Gasteiger partial charge in [0.15, 0.2) is 12.1 Å². The van der Waals surface area contributed by atoms with E-state index in [4.69, 9.17) is 13.9 Å². The monoisotopic (exact) mass is 321 g/mol. The van der Waals surface area contributed by atoms with Gasteiger partial charge in [-0.25, -0.2) is 4.98 Å². The van der Waals surface area contributed by atoms with Gasteiger partial charge < -0.3 is 24.5 Å². The van der Waals surface area contributed by atoms with Crippen LogP contribution in [0.25, 0.3) is 0 Å². The SMILES string of the molecule is CC(=O)N[C@H]1CO[C@H]2[C@@H]1OC[C@@H]2NC(=O)c1ncoc1C1CC1. The molecule has 8 nitrogen and oxygen atoms in total. The number of ether oxygens (including phenoxy) is 2. The van der Waals surface area contributed by atoms with Crippen LogP contribution in [-0.2, 0) is 14.3 Å². The van der Waals surface area contributed by atoms with Gasteiger partial charge >= 0.3 is 0 Å². The summed E-state index contributed by atoms with van der Waals surface area (Å²) in [5.74, 6) is 0.604. The number of nitrogens with zero attached hydrogens (tertiary/aromatic N) is 1. The van der Waals surface area contributed by atoms with E-state index in [9.17, 15) is 9.59 Å². The molecule has 4 rings (SSSR count). The molecular weight excluding hydrogens is 302 g/mol. The fraction of sp³-hybridized carbons (Fsp3) is 0.667. The van der Waals surface area contributed by atoms with Gasteiger partial charge in [0.25, 0.3) is 5.91 Å². The molecule has 8 heteroatoms. The predicted molar refractivity (Wildman–Crippen MR) is 76.8 cm³/mol. The zero-order valence-corrected chi connectivity index (χ0v) is 12.8. The molecule has 3 aliphatic rings. The first-order valence-corrected chi connectivity index (χ1v) is 7.88. The highest BCUT2D eigenvalue weighted by atomic mass is 16.6. The summed E-state index contributed by atoms with van der Waals surface area (Å²) < 4.78 is 16.8. The second-order valence-electron chi connectivity index (χ2n) is 6.32. The van der Waals surface area contributed by atoms with Gasteiger partial charge in [-0.1, -0.05) is 0 Å². The summed E-state index contributed by atoms with van der Waals surface area (Å²) >= 11 is 0. The largest absolute Gasteiger partial charge is 0.447 e. The molecule has 2 N–H and O–H groups in total. The van der Waals surface area contributed by atoms with Crippen LogP contribution in [0.15, 0.2) is 10.8 Å². The van der Waals surface area contributed by atoms with E-state index in [1.807, 2.05) is 0 Å². The predicted octanol–water partition coefficient (Wildman–Crippen LogP) is -0.0473. The fourth-order valence-electron chi connectivity index (χ4n) is 3.31. The van der Waals surface area contributed by atoms with E-state index in [0.29, 0.717) is 30.6 Å². The number of hydrogen-bond acceptors (Lipinski definition) is 6. The first kappa shape index (κ1) is 14.6. The molecule has 3 fully saturated rings. The lowest BCUT2D eigenvalue weighted by atomic mass is 10.1. The molecule has 124 valence electrons. The van der Waals surface area contributed by atoms with Crippen LogP contribution in [0.1, 0.15) is 41.9 Å². The Morgan fingerprint density at radius 3 is 2.39 bits per heavy atom. The Labute approximate surface area is 132 Å². The van der Waals surface area contributed by atoms with Gasteiger partial charge in [-0.05, 0) is 12.8 Å². The molecule has 3 heterocycles. The van der Waals surface area contributed by atoms with Crippen molar-refractivity contribution in [1.29, 1.82) is 0 Å². The second kappa shape index (κ2) is 5.61. The van der Waals surface area contributed by atoms with Gasteiger partial charge in [-0.15, -0.1) is 0 Å². The Morgan fingerprint density at radius 2 is 1.78 bits per heavy atom. The van der Waals surface area contributed by atoms with Crippen molar-refractivity contribution in [2.45, 2.75) is 50.0 Å². The number of carbonyl (C=O) groups excluding carboxylic acids is 2. The summed E-state index contributed by atoms with van der Waals surface area (Å²) in [6.45, 7) is 2.21. The third kappa shape index (κ3) is 2.72. The maximum absolute atomic E-state index is 12.4. The molecule has 1 aromatic heterocycles. The van der Waals surface area contributed by atoms with Crippen LogP contribution < -0.4 is 10.6 Å². The van der Waals surface area contributed by atoms with Gasteiger partial charge in [0.1, 0.15) is 18.0 Å². The van der Waals surface area contributed by atoms with E-state index in [0.717, 1.165) is 12.8 Å². The number of oxazole rings is 1. The quantitative estimate of drug-likeness (QED) is 0.806. The minimum Gasteiger partial charge on any atom is -0.447 e. The zero-order valence-electron chi connectivity index (χ0n) is 12.8. The Kier molecular flexibility index (Phi) is 3.57. The van der Waals surface area contributed by atoms with Gasteiger partial charge in [0, 0.05) is 12.8 Å². The molecule has 0 radical (unpaired) electrons. The number of fused-ring (bicyclic) bond motifs is 1. The van der Waals surface area contributed by atoms with Crippen molar-refractivity contribution in [2.24, 2.45) is 0 Å². The molecule has 1 saturated carbocycles. The summed E-state index contributed by atoms with van der Waals surface area (Å²) in [6.07, 6.45) is 2.90. The Morgan fingerprint density at radius 1 is 1.13 bits per heavy atom. The number of rotatable bonds is 4. The zero-order chi connectivity index (χ0) is 16.0. The van der Waals surface area contributed by atoms with Crippen LogP contribution in [0, 0.1) is 0 Å². The number of hydrogen-bond donors (Lipinski definition) is 2. The molecule has 0 spiro atoms. The number of aromatic nitrogens is 1. The minimum atomic E-state index is -0.263. The molecule has 2 saturated heterocycles. The molecule has 23 heavy (non-hydrogen) atoms. The molecule has 1 aliphatic carbocycles. The first-order valence-electron chi connectivity index (χ1n) is 7.88. The van der Waals surface area contributed by atoms with Crippen molar-refractivity contribution in [1.82, 2.24) is 15.6 Å². The molecule has 0 aromatic carbocycles. The van der Waals surface area contributed by atoms with Gasteiger partial charge in [-0.3, -0.25) is 9.59 Å². The molecule has 2 aliphatic heterocycles. The van der Waals surface area contributed by atoms with E-state index >= 15 is 0 Å². The summed E-state index contributed by atoms with van der Waals surface area (Å²) in [4.78, 5) is 27.7. The Bertz CT molecular complexity index is 626. The number of carbonyl (C=O) groups is 2. The van der Waals surface area contributed by atoms with Crippen LogP contribution in [-0.4, -0.2) is 54.3 Å². The molecule has 0 bridgehead atoms. The van der Waals surface area contributed by atoms with Crippen molar-refractivity contribution >= 4 is 11.8 Å². The second-order valence-corrected chi connectivity index (χ2v) is 6.32. The average molecular weight is 321 g/mol. The van der Waals surface area contributed by atoms with Crippen LogP contribution in [0.5, 0.6) is 0 Å². The number of amides is 2. The Hall–Kier alpha value is -1.93. The highest BCUT2D eigenvalue weighted by molar-refractivity contribution is 5.93. The highest BCUT2D eigenvalue weighted by Crippen LogP contribution is 2.41. The summed E-state index contributed by atoms with van der Waals surface area (Å²) in [7, 11) is 0. The first-order chi connectivity index (χ1) is 11.1. The lowest BCUT2D eigenvalue weighted by molar-refractivity contribution is -0.120. The van der Waals surface area contributed by atoms with Crippen LogP contribution in [0.4, 0.5) is 0 Å². The van der Waals surface area contributed by atoms with Gasteiger partial charge in [0.2, 0.25) is 5.91 Å². The van der Waals surface area contributed by atoms with Crippen LogP contribution in [0.3, 0.4) is 0 Å². The normalized spacial score (nSPS) is 32.6. The third-order valence-electron chi connectivity index (χ3n) is 4.52. The van der Waals surface area contributed by atoms with Gasteiger partial charge in [0.05, 0.1) is 25.3 Å². The molecular formula is C15H19N3O5. The van der Waals surface area contributed by atoms with E-state index < -0.39 is 0 Å². The smallest absolute Gasteiger partial charge is 0.273 e. The van der Waals surface area contributed by atoms with Crippen molar-refractivity contribution in [3.05, 3.63) is 17.8 Å². The summed E-state index contributed by atoms with van der Waals surface area (Å²) in [5, 5.41) is 5.74. The maximum atomic E-state index is 12.4. The summed E-state index contributed by atoms with van der Waals surface area (Å²) in [6, 6.07) is -0.427. The number of nitrogens with one attached hydrogen (secondary N) is 2. The highest BCUT2D eigenvalue weighted by Gasteiger charge is 2.48. The van der Waals surface area contributed by atoms with E-state index in [-0.39, 0.29) is 36.1 Å². The van der Waals surface area contributed by atoms with E-state index in [1.165, 1.54) is 13.3 Å².